The average molecular weight is 404 g/mol. The number of benzene rings is 3. The first-order valence-electron chi connectivity index (χ1n) is 8.12. The molecular formula is C20H18ClNO4S. The van der Waals surface area contributed by atoms with E-state index < -0.39 is 10.0 Å². The van der Waals surface area contributed by atoms with Crippen molar-refractivity contribution in [1.82, 2.24) is 0 Å². The lowest BCUT2D eigenvalue weighted by Crippen LogP contribution is -2.14. The van der Waals surface area contributed by atoms with Gasteiger partial charge in [-0.1, -0.05) is 48.0 Å². The summed E-state index contributed by atoms with van der Waals surface area (Å²) in [6, 6.07) is 20.5. The summed E-state index contributed by atoms with van der Waals surface area (Å²) in [5.74, 6) is 0.679. The molecule has 0 heterocycles. The molecular weight excluding hydrogens is 386 g/mol. The average Bonchev–Trinajstić information content (AvgIpc) is 2.67. The molecule has 0 saturated heterocycles. The summed E-state index contributed by atoms with van der Waals surface area (Å²) in [7, 11) is -2.42. The van der Waals surface area contributed by atoms with Gasteiger partial charge in [-0.2, -0.15) is 0 Å². The molecule has 140 valence electrons. The number of ether oxygens (including phenoxy) is 2. The molecule has 0 spiro atoms. The molecule has 3 rings (SSSR count). The van der Waals surface area contributed by atoms with Gasteiger partial charge in [0.15, 0.2) is 0 Å². The topological polar surface area (TPSA) is 64.6 Å². The van der Waals surface area contributed by atoms with E-state index in [9.17, 15) is 8.42 Å². The van der Waals surface area contributed by atoms with E-state index in [1.165, 1.54) is 13.2 Å². The lowest BCUT2D eigenvalue weighted by Gasteiger charge is -2.15. The Balaban J connectivity index is 1.83. The molecule has 0 atom stereocenters. The third-order valence-electron chi connectivity index (χ3n) is 3.77. The molecule has 5 nitrogen and oxygen atoms in total. The summed E-state index contributed by atoms with van der Waals surface area (Å²) < 4.78 is 39.1. The minimum absolute atomic E-state index is 0.0529. The maximum absolute atomic E-state index is 12.8. The minimum Gasteiger partial charge on any atom is -0.495 e. The van der Waals surface area contributed by atoms with Crippen molar-refractivity contribution < 1.29 is 17.9 Å². The molecule has 7 heteroatoms. The van der Waals surface area contributed by atoms with E-state index in [0.717, 1.165) is 5.56 Å². The Bertz CT molecular complexity index is 1040. The summed E-state index contributed by atoms with van der Waals surface area (Å²) in [4.78, 5) is 0.0529. The maximum atomic E-state index is 12.8. The van der Waals surface area contributed by atoms with Gasteiger partial charge in [0.25, 0.3) is 10.0 Å². The number of hydrogen-bond acceptors (Lipinski definition) is 4. The Hall–Kier alpha value is -2.70. The predicted octanol–water partition coefficient (Wildman–Crippen LogP) is 4.73. The zero-order valence-electron chi connectivity index (χ0n) is 14.6. The van der Waals surface area contributed by atoms with Crippen LogP contribution in [0.1, 0.15) is 5.56 Å². The van der Waals surface area contributed by atoms with Gasteiger partial charge >= 0.3 is 0 Å². The van der Waals surface area contributed by atoms with Gasteiger partial charge in [-0.3, -0.25) is 4.72 Å². The Labute approximate surface area is 163 Å². The zero-order chi connectivity index (χ0) is 19.3. The van der Waals surface area contributed by atoms with Crippen molar-refractivity contribution in [2.45, 2.75) is 11.5 Å². The normalized spacial score (nSPS) is 11.0. The summed E-state index contributed by atoms with van der Waals surface area (Å²) in [6.45, 7) is 0.258. The first-order valence-corrected chi connectivity index (χ1v) is 9.98. The molecule has 0 aromatic heterocycles. The number of halogens is 1. The SMILES string of the molecule is COc1ccccc1S(=O)(=O)Nc1ccccc1OCc1cccc(Cl)c1. The molecule has 27 heavy (non-hydrogen) atoms. The highest BCUT2D eigenvalue weighted by atomic mass is 35.5. The van der Waals surface area contributed by atoms with Gasteiger partial charge in [0.05, 0.1) is 12.8 Å². The van der Waals surface area contributed by atoms with Crippen molar-refractivity contribution in [3.8, 4) is 11.5 Å². The van der Waals surface area contributed by atoms with Gasteiger partial charge in [-0.15, -0.1) is 0 Å². The van der Waals surface area contributed by atoms with Crippen LogP contribution in [0, 0.1) is 0 Å². The van der Waals surface area contributed by atoms with Crippen molar-refractivity contribution in [2.75, 3.05) is 11.8 Å². The fraction of sp³-hybridized carbons (Fsp3) is 0.100. The monoisotopic (exact) mass is 403 g/mol. The lowest BCUT2D eigenvalue weighted by atomic mass is 10.2. The molecule has 0 saturated carbocycles. The fourth-order valence-electron chi connectivity index (χ4n) is 2.51. The van der Waals surface area contributed by atoms with Gasteiger partial charge in [0.1, 0.15) is 23.0 Å². The fourth-order valence-corrected chi connectivity index (χ4v) is 3.96. The van der Waals surface area contributed by atoms with Crippen molar-refractivity contribution in [2.24, 2.45) is 0 Å². The first kappa shape index (κ1) is 19.1. The van der Waals surface area contributed by atoms with Crippen LogP contribution in [0.3, 0.4) is 0 Å². The smallest absolute Gasteiger partial charge is 0.265 e. The zero-order valence-corrected chi connectivity index (χ0v) is 16.1. The van der Waals surface area contributed by atoms with E-state index in [2.05, 4.69) is 4.72 Å². The van der Waals surface area contributed by atoms with Crippen LogP contribution in [-0.4, -0.2) is 15.5 Å². The van der Waals surface area contributed by atoms with Gasteiger partial charge in [-0.25, -0.2) is 8.42 Å². The number of para-hydroxylation sites is 3. The molecule has 0 fully saturated rings. The van der Waals surface area contributed by atoms with E-state index >= 15 is 0 Å². The molecule has 0 unspecified atom stereocenters. The summed E-state index contributed by atoms with van der Waals surface area (Å²) in [5.41, 5.74) is 1.22. The van der Waals surface area contributed by atoms with Crippen LogP contribution in [0.25, 0.3) is 0 Å². The second-order valence-electron chi connectivity index (χ2n) is 5.67. The number of sulfonamides is 1. The quantitative estimate of drug-likeness (QED) is 0.619. The van der Waals surface area contributed by atoms with Crippen LogP contribution in [0.15, 0.2) is 77.7 Å². The largest absolute Gasteiger partial charge is 0.495 e. The molecule has 1 N–H and O–H groups in total. The van der Waals surface area contributed by atoms with E-state index in [1.54, 1.807) is 54.6 Å². The van der Waals surface area contributed by atoms with Gasteiger partial charge in [0, 0.05) is 5.02 Å². The highest BCUT2D eigenvalue weighted by molar-refractivity contribution is 7.92. The van der Waals surface area contributed by atoms with Crippen LogP contribution in [0.5, 0.6) is 11.5 Å². The number of nitrogens with one attached hydrogen (secondary N) is 1. The van der Waals surface area contributed by atoms with Crippen LogP contribution in [0.4, 0.5) is 5.69 Å². The van der Waals surface area contributed by atoms with Crippen LogP contribution in [-0.2, 0) is 16.6 Å². The van der Waals surface area contributed by atoms with Crippen molar-refractivity contribution in [3.63, 3.8) is 0 Å². The van der Waals surface area contributed by atoms with E-state index in [-0.39, 0.29) is 17.3 Å². The third kappa shape index (κ3) is 4.72. The van der Waals surface area contributed by atoms with Gasteiger partial charge < -0.3 is 9.47 Å². The second-order valence-corrected chi connectivity index (χ2v) is 7.76. The Morgan fingerprint density at radius 1 is 0.926 bits per heavy atom. The molecule has 3 aromatic carbocycles. The second kappa shape index (κ2) is 8.33. The number of hydrogen-bond donors (Lipinski definition) is 1. The molecule has 0 aliphatic heterocycles. The van der Waals surface area contributed by atoms with Crippen LogP contribution in [0.2, 0.25) is 5.02 Å². The third-order valence-corrected chi connectivity index (χ3v) is 5.41. The van der Waals surface area contributed by atoms with Crippen molar-refractivity contribution in [3.05, 3.63) is 83.4 Å². The molecule has 0 bridgehead atoms. The predicted molar refractivity (Wildman–Crippen MR) is 106 cm³/mol. The summed E-state index contributed by atoms with van der Waals surface area (Å²) in [5, 5.41) is 0.612. The van der Waals surface area contributed by atoms with Crippen LogP contribution < -0.4 is 14.2 Å². The highest BCUT2D eigenvalue weighted by Gasteiger charge is 2.20. The maximum Gasteiger partial charge on any atom is 0.265 e. The number of methoxy groups -OCH3 is 1. The van der Waals surface area contributed by atoms with Crippen molar-refractivity contribution >= 4 is 27.3 Å². The first-order chi connectivity index (χ1) is 13.0. The highest BCUT2D eigenvalue weighted by Crippen LogP contribution is 2.30. The van der Waals surface area contributed by atoms with Crippen molar-refractivity contribution in [1.29, 1.82) is 0 Å². The summed E-state index contributed by atoms with van der Waals surface area (Å²) in [6.07, 6.45) is 0. The van der Waals surface area contributed by atoms with E-state index in [1.807, 2.05) is 12.1 Å². The van der Waals surface area contributed by atoms with E-state index in [4.69, 9.17) is 21.1 Å². The molecule has 3 aromatic rings. The van der Waals surface area contributed by atoms with Crippen LogP contribution >= 0.6 is 11.6 Å². The minimum atomic E-state index is -3.84. The number of rotatable bonds is 7. The Morgan fingerprint density at radius 3 is 2.37 bits per heavy atom. The number of anilines is 1. The van der Waals surface area contributed by atoms with E-state index in [0.29, 0.717) is 16.5 Å². The lowest BCUT2D eigenvalue weighted by molar-refractivity contribution is 0.308. The molecule has 0 aliphatic carbocycles. The Kier molecular flexibility index (Phi) is 5.88. The molecule has 0 aliphatic rings. The standard InChI is InChI=1S/C20H18ClNO4S/c1-25-19-11-4-5-12-20(19)27(23,24)22-17-9-2-3-10-18(17)26-14-15-7-6-8-16(21)13-15/h2-13,22H,14H2,1H3. The van der Waals surface area contributed by atoms with Gasteiger partial charge in [0.2, 0.25) is 0 Å². The summed E-state index contributed by atoms with van der Waals surface area (Å²) >= 11 is 5.98. The van der Waals surface area contributed by atoms with Gasteiger partial charge in [-0.05, 0) is 42.0 Å². The Morgan fingerprint density at radius 2 is 1.63 bits per heavy atom. The molecule has 0 radical (unpaired) electrons. The molecule has 0 amide bonds.